The Kier molecular flexibility index (Phi) is 7.89. The first-order valence-corrected chi connectivity index (χ1v) is 10.3. The quantitative estimate of drug-likeness (QED) is 0.349. The average Bonchev–Trinajstić information content (AvgIpc) is 3.45. The van der Waals surface area contributed by atoms with Crippen molar-refractivity contribution in [2.75, 3.05) is 53.0 Å². The molecular weight excluding hydrogens is 378 g/mol. The highest BCUT2D eigenvalue weighted by atomic mass is 32.1. The molecule has 9 heteroatoms. The van der Waals surface area contributed by atoms with Gasteiger partial charge in [0.2, 0.25) is 0 Å². The van der Waals surface area contributed by atoms with Crippen LogP contribution >= 0.6 is 11.3 Å². The fraction of sp³-hybridized carbons (Fsp3) is 0.474. The van der Waals surface area contributed by atoms with Crippen molar-refractivity contribution in [3.05, 3.63) is 46.5 Å². The van der Waals surface area contributed by atoms with E-state index in [4.69, 9.17) is 9.15 Å². The van der Waals surface area contributed by atoms with E-state index in [1.807, 2.05) is 0 Å². The average molecular weight is 406 g/mol. The van der Waals surface area contributed by atoms with Gasteiger partial charge in [-0.25, -0.2) is 0 Å². The second-order valence-corrected chi connectivity index (χ2v) is 7.27. The Morgan fingerprint density at radius 3 is 2.71 bits per heavy atom. The Labute approximate surface area is 169 Å². The number of amides is 1. The molecule has 1 atom stereocenters. The van der Waals surface area contributed by atoms with E-state index in [9.17, 15) is 4.79 Å². The van der Waals surface area contributed by atoms with E-state index in [0.717, 1.165) is 32.8 Å². The summed E-state index contributed by atoms with van der Waals surface area (Å²) in [5, 5.41) is 11.5. The lowest BCUT2D eigenvalue weighted by atomic mass is 10.2. The zero-order chi connectivity index (χ0) is 19.6. The van der Waals surface area contributed by atoms with Crippen molar-refractivity contribution in [1.29, 1.82) is 0 Å². The SMILES string of the molecule is CN=C(NCCNC(=O)c1ccco1)NCC(c1cccs1)N1CCOCC1. The van der Waals surface area contributed by atoms with Crippen molar-refractivity contribution >= 4 is 23.2 Å². The van der Waals surface area contributed by atoms with Crippen LogP contribution in [-0.2, 0) is 4.74 Å². The van der Waals surface area contributed by atoms with Crippen LogP contribution in [0, 0.1) is 0 Å². The highest BCUT2D eigenvalue weighted by molar-refractivity contribution is 7.10. The third kappa shape index (κ3) is 5.82. The van der Waals surface area contributed by atoms with Crippen LogP contribution in [0.5, 0.6) is 0 Å². The molecule has 0 saturated carbocycles. The minimum absolute atomic E-state index is 0.222. The van der Waals surface area contributed by atoms with Crippen LogP contribution in [0.2, 0.25) is 0 Å². The van der Waals surface area contributed by atoms with Gasteiger partial charge in [0, 0.05) is 44.6 Å². The molecule has 0 bridgehead atoms. The number of aliphatic imine (C=N–C) groups is 1. The molecular formula is C19H27N5O3S. The summed E-state index contributed by atoms with van der Waals surface area (Å²) in [7, 11) is 1.74. The molecule has 28 heavy (non-hydrogen) atoms. The van der Waals surface area contributed by atoms with Crippen LogP contribution in [0.25, 0.3) is 0 Å². The van der Waals surface area contributed by atoms with Crippen molar-refractivity contribution in [2.45, 2.75) is 6.04 Å². The normalized spacial score (nSPS) is 16.5. The van der Waals surface area contributed by atoms with E-state index in [1.54, 1.807) is 30.5 Å². The number of nitrogens with one attached hydrogen (secondary N) is 3. The fourth-order valence-electron chi connectivity index (χ4n) is 3.05. The van der Waals surface area contributed by atoms with Crippen LogP contribution < -0.4 is 16.0 Å². The van der Waals surface area contributed by atoms with Gasteiger partial charge >= 0.3 is 0 Å². The number of rotatable bonds is 8. The Morgan fingerprint density at radius 1 is 1.21 bits per heavy atom. The number of hydrogen-bond acceptors (Lipinski definition) is 6. The van der Waals surface area contributed by atoms with Gasteiger partial charge in [0.15, 0.2) is 11.7 Å². The summed E-state index contributed by atoms with van der Waals surface area (Å²) in [6.07, 6.45) is 1.48. The molecule has 3 heterocycles. The van der Waals surface area contributed by atoms with Crippen molar-refractivity contribution in [1.82, 2.24) is 20.9 Å². The summed E-state index contributed by atoms with van der Waals surface area (Å²) in [4.78, 5) is 19.9. The van der Waals surface area contributed by atoms with Crippen LogP contribution in [0.4, 0.5) is 0 Å². The summed E-state index contributed by atoms with van der Waals surface area (Å²) < 4.78 is 10.6. The first kappa shape index (κ1) is 20.4. The number of furan rings is 1. The van der Waals surface area contributed by atoms with Gasteiger partial charge in [0.05, 0.1) is 25.5 Å². The van der Waals surface area contributed by atoms with Crippen LogP contribution in [-0.4, -0.2) is 69.8 Å². The predicted molar refractivity (Wildman–Crippen MR) is 110 cm³/mol. The molecule has 152 valence electrons. The van der Waals surface area contributed by atoms with Crippen LogP contribution in [0.3, 0.4) is 0 Å². The number of carbonyl (C=O) groups is 1. The van der Waals surface area contributed by atoms with E-state index in [1.165, 1.54) is 11.1 Å². The standard InChI is InChI=1S/C19H27N5O3S/c1-20-19(22-7-6-21-18(25)16-4-2-10-27-16)23-14-15(17-5-3-13-28-17)24-8-11-26-12-9-24/h2-5,10,13,15H,6-9,11-12,14H2,1H3,(H,21,25)(H2,20,22,23). The van der Waals surface area contributed by atoms with Gasteiger partial charge in [0.1, 0.15) is 0 Å². The fourth-order valence-corrected chi connectivity index (χ4v) is 3.91. The van der Waals surface area contributed by atoms with Crippen molar-refractivity contribution in [3.63, 3.8) is 0 Å². The van der Waals surface area contributed by atoms with Crippen molar-refractivity contribution in [3.8, 4) is 0 Å². The lowest BCUT2D eigenvalue weighted by molar-refractivity contribution is 0.0177. The van der Waals surface area contributed by atoms with Crippen molar-refractivity contribution in [2.24, 2.45) is 4.99 Å². The predicted octanol–water partition coefficient (Wildman–Crippen LogP) is 1.31. The zero-order valence-electron chi connectivity index (χ0n) is 16.0. The number of nitrogens with zero attached hydrogens (tertiary/aromatic N) is 2. The van der Waals surface area contributed by atoms with E-state index in [2.05, 4.69) is 43.4 Å². The van der Waals surface area contributed by atoms with Crippen molar-refractivity contribution < 1.29 is 13.9 Å². The van der Waals surface area contributed by atoms with E-state index >= 15 is 0 Å². The molecule has 1 aliphatic heterocycles. The smallest absolute Gasteiger partial charge is 0.287 e. The van der Waals surface area contributed by atoms with E-state index < -0.39 is 0 Å². The highest BCUT2D eigenvalue weighted by Gasteiger charge is 2.23. The second kappa shape index (κ2) is 10.8. The van der Waals surface area contributed by atoms with Gasteiger partial charge in [-0.3, -0.25) is 14.7 Å². The Bertz CT molecular complexity index is 727. The topological polar surface area (TPSA) is 91.1 Å². The third-order valence-corrected chi connectivity index (χ3v) is 5.47. The molecule has 1 fully saturated rings. The second-order valence-electron chi connectivity index (χ2n) is 6.29. The van der Waals surface area contributed by atoms with Gasteiger partial charge < -0.3 is 25.1 Å². The summed E-state index contributed by atoms with van der Waals surface area (Å²) >= 11 is 1.77. The minimum atomic E-state index is -0.222. The Balaban J connectivity index is 1.44. The maximum absolute atomic E-state index is 11.8. The summed E-state index contributed by atoms with van der Waals surface area (Å²) in [5.41, 5.74) is 0. The Hall–Kier alpha value is -2.36. The van der Waals surface area contributed by atoms with Crippen LogP contribution in [0.1, 0.15) is 21.5 Å². The largest absolute Gasteiger partial charge is 0.459 e. The Morgan fingerprint density at radius 2 is 2.04 bits per heavy atom. The van der Waals surface area contributed by atoms with Gasteiger partial charge in [-0.2, -0.15) is 0 Å². The first-order chi connectivity index (χ1) is 13.8. The number of morpholine rings is 1. The molecule has 3 N–H and O–H groups in total. The molecule has 1 amide bonds. The molecule has 8 nitrogen and oxygen atoms in total. The monoisotopic (exact) mass is 405 g/mol. The number of ether oxygens (including phenoxy) is 1. The maximum atomic E-state index is 11.8. The highest BCUT2D eigenvalue weighted by Crippen LogP contribution is 2.25. The molecule has 0 spiro atoms. The molecule has 2 aromatic heterocycles. The number of hydrogen-bond donors (Lipinski definition) is 3. The van der Waals surface area contributed by atoms with Gasteiger partial charge in [-0.1, -0.05) is 6.07 Å². The van der Waals surface area contributed by atoms with E-state index in [-0.39, 0.29) is 11.9 Å². The summed E-state index contributed by atoms with van der Waals surface area (Å²) in [6, 6.07) is 7.87. The van der Waals surface area contributed by atoms with Gasteiger partial charge in [-0.15, -0.1) is 11.3 Å². The lowest BCUT2D eigenvalue weighted by Crippen LogP contribution is -2.47. The number of guanidine groups is 1. The molecule has 0 aliphatic carbocycles. The molecule has 3 rings (SSSR count). The number of carbonyl (C=O) groups excluding carboxylic acids is 1. The van der Waals surface area contributed by atoms with Gasteiger partial charge in [0.25, 0.3) is 5.91 Å². The van der Waals surface area contributed by atoms with Gasteiger partial charge in [-0.05, 0) is 23.6 Å². The third-order valence-electron chi connectivity index (χ3n) is 4.49. The molecule has 1 saturated heterocycles. The summed E-state index contributed by atoms with van der Waals surface area (Å²) in [6.45, 7) is 5.17. The van der Waals surface area contributed by atoms with E-state index in [0.29, 0.717) is 24.8 Å². The maximum Gasteiger partial charge on any atom is 0.287 e. The minimum Gasteiger partial charge on any atom is -0.459 e. The molecule has 0 radical (unpaired) electrons. The summed E-state index contributed by atoms with van der Waals surface area (Å²) in [5.74, 6) is 0.800. The molecule has 1 unspecified atom stereocenters. The molecule has 2 aromatic rings. The number of thiophene rings is 1. The first-order valence-electron chi connectivity index (χ1n) is 9.39. The van der Waals surface area contributed by atoms with Crippen LogP contribution in [0.15, 0.2) is 45.3 Å². The molecule has 0 aromatic carbocycles. The lowest BCUT2D eigenvalue weighted by Gasteiger charge is -2.34. The molecule has 1 aliphatic rings. The zero-order valence-corrected chi connectivity index (χ0v) is 16.8.